The molecule has 1 aromatic rings. The Hall–Kier alpha value is -0.860. The highest BCUT2D eigenvalue weighted by molar-refractivity contribution is 5.24. The molecule has 2 heteroatoms. The summed E-state index contributed by atoms with van der Waals surface area (Å²) < 4.78 is 5.44. The predicted molar refractivity (Wildman–Crippen MR) is 71.1 cm³/mol. The molecule has 0 heterocycles. The van der Waals surface area contributed by atoms with E-state index in [1.807, 2.05) is 12.1 Å². The van der Waals surface area contributed by atoms with E-state index in [9.17, 15) is 5.11 Å². The third kappa shape index (κ3) is 5.33. The fourth-order valence-corrected chi connectivity index (χ4v) is 1.71. The van der Waals surface area contributed by atoms with Gasteiger partial charge in [0.25, 0.3) is 0 Å². The van der Waals surface area contributed by atoms with Crippen molar-refractivity contribution in [1.29, 1.82) is 0 Å². The van der Waals surface area contributed by atoms with Crippen LogP contribution in [0.5, 0.6) is 0 Å². The minimum atomic E-state index is -0.510. The van der Waals surface area contributed by atoms with Gasteiger partial charge < -0.3 is 9.84 Å². The highest BCUT2D eigenvalue weighted by Gasteiger charge is 2.07. The van der Waals surface area contributed by atoms with E-state index < -0.39 is 6.10 Å². The summed E-state index contributed by atoms with van der Waals surface area (Å²) in [4.78, 5) is 0. The molecule has 0 saturated heterocycles. The summed E-state index contributed by atoms with van der Waals surface area (Å²) in [6.45, 7) is 7.46. The van der Waals surface area contributed by atoms with Crippen LogP contribution in [0, 0.1) is 5.92 Å². The van der Waals surface area contributed by atoms with E-state index in [2.05, 4.69) is 32.9 Å². The van der Waals surface area contributed by atoms with Crippen molar-refractivity contribution in [2.75, 3.05) is 13.2 Å². The van der Waals surface area contributed by atoms with E-state index in [1.165, 1.54) is 5.56 Å². The van der Waals surface area contributed by atoms with Crippen molar-refractivity contribution in [3.63, 3.8) is 0 Å². The van der Waals surface area contributed by atoms with Gasteiger partial charge in [-0.2, -0.15) is 0 Å². The summed E-state index contributed by atoms with van der Waals surface area (Å²) in [5.41, 5.74) is 2.26. The Morgan fingerprint density at radius 1 is 1.12 bits per heavy atom. The molecule has 0 aliphatic carbocycles. The zero-order valence-electron chi connectivity index (χ0n) is 11.1. The summed E-state index contributed by atoms with van der Waals surface area (Å²) in [5.74, 6) is 0.508. The highest BCUT2D eigenvalue weighted by Crippen LogP contribution is 2.15. The van der Waals surface area contributed by atoms with Gasteiger partial charge in [0.2, 0.25) is 0 Å². The topological polar surface area (TPSA) is 29.5 Å². The minimum absolute atomic E-state index is 0.380. The number of aryl methyl sites for hydroxylation is 1. The molecule has 96 valence electrons. The van der Waals surface area contributed by atoms with Gasteiger partial charge >= 0.3 is 0 Å². The fourth-order valence-electron chi connectivity index (χ4n) is 1.71. The van der Waals surface area contributed by atoms with E-state index in [0.29, 0.717) is 19.1 Å². The van der Waals surface area contributed by atoms with Gasteiger partial charge in [-0.05, 0) is 23.5 Å². The second-order valence-electron chi connectivity index (χ2n) is 4.94. The van der Waals surface area contributed by atoms with Crippen molar-refractivity contribution in [2.24, 2.45) is 5.92 Å². The highest BCUT2D eigenvalue weighted by atomic mass is 16.5. The van der Waals surface area contributed by atoms with Gasteiger partial charge in [0.05, 0.1) is 6.61 Å². The number of ether oxygens (including phenoxy) is 1. The van der Waals surface area contributed by atoms with Crippen molar-refractivity contribution < 1.29 is 9.84 Å². The van der Waals surface area contributed by atoms with Gasteiger partial charge in [-0.1, -0.05) is 51.5 Å². The molecule has 1 N–H and O–H groups in total. The van der Waals surface area contributed by atoms with Gasteiger partial charge in [0.15, 0.2) is 0 Å². The van der Waals surface area contributed by atoms with Crippen molar-refractivity contribution >= 4 is 0 Å². The zero-order chi connectivity index (χ0) is 12.7. The third-order valence-corrected chi connectivity index (χ3v) is 2.63. The van der Waals surface area contributed by atoms with Crippen LogP contribution in [-0.4, -0.2) is 18.3 Å². The molecule has 0 amide bonds. The quantitative estimate of drug-likeness (QED) is 0.786. The predicted octanol–water partition coefficient (Wildman–Crippen LogP) is 3.35. The molecule has 0 radical (unpaired) electrons. The standard InChI is InChI=1S/C15H24O2/c1-4-5-13-6-8-14(9-7-13)15(16)11-17-10-12(2)3/h6-9,12,15-16H,4-5,10-11H2,1-3H3. The fraction of sp³-hybridized carbons (Fsp3) is 0.600. The van der Waals surface area contributed by atoms with Crippen molar-refractivity contribution in [2.45, 2.75) is 39.7 Å². The Labute approximate surface area is 105 Å². The van der Waals surface area contributed by atoms with Gasteiger partial charge in [-0.3, -0.25) is 0 Å². The van der Waals surface area contributed by atoms with Crippen LogP contribution in [-0.2, 0) is 11.2 Å². The Bertz CT molecular complexity index is 303. The van der Waals surface area contributed by atoms with Gasteiger partial charge in [0, 0.05) is 6.61 Å². The van der Waals surface area contributed by atoms with Crippen molar-refractivity contribution in [1.82, 2.24) is 0 Å². The first kappa shape index (κ1) is 14.2. The Balaban J connectivity index is 2.43. The molecule has 0 aromatic heterocycles. The van der Waals surface area contributed by atoms with Crippen molar-refractivity contribution in [3.05, 3.63) is 35.4 Å². The van der Waals surface area contributed by atoms with Crippen molar-refractivity contribution in [3.8, 4) is 0 Å². The number of rotatable bonds is 7. The number of aliphatic hydroxyl groups excluding tert-OH is 1. The largest absolute Gasteiger partial charge is 0.386 e. The third-order valence-electron chi connectivity index (χ3n) is 2.63. The Morgan fingerprint density at radius 2 is 1.76 bits per heavy atom. The molecule has 0 fully saturated rings. The lowest BCUT2D eigenvalue weighted by molar-refractivity contribution is 0.0250. The molecule has 1 atom stereocenters. The van der Waals surface area contributed by atoms with Crippen LogP contribution in [0.25, 0.3) is 0 Å². The van der Waals surface area contributed by atoms with Crippen LogP contribution in [0.2, 0.25) is 0 Å². The first-order valence-corrected chi connectivity index (χ1v) is 6.48. The van der Waals surface area contributed by atoms with Gasteiger partial charge in [-0.15, -0.1) is 0 Å². The SMILES string of the molecule is CCCc1ccc(C(O)COCC(C)C)cc1. The second-order valence-corrected chi connectivity index (χ2v) is 4.94. The summed E-state index contributed by atoms with van der Waals surface area (Å²) in [5, 5.41) is 9.93. The molecule has 1 aromatic carbocycles. The molecule has 0 spiro atoms. The Kier molecular flexibility index (Phi) is 6.23. The minimum Gasteiger partial charge on any atom is -0.386 e. The van der Waals surface area contributed by atoms with Crippen LogP contribution in [0.15, 0.2) is 24.3 Å². The number of benzene rings is 1. The summed E-state index contributed by atoms with van der Waals surface area (Å²) in [6.07, 6.45) is 1.74. The smallest absolute Gasteiger partial charge is 0.102 e. The summed E-state index contributed by atoms with van der Waals surface area (Å²) in [6, 6.07) is 8.16. The molecule has 1 rings (SSSR count). The van der Waals surface area contributed by atoms with Gasteiger partial charge in [-0.25, -0.2) is 0 Å². The molecule has 2 nitrogen and oxygen atoms in total. The molecular formula is C15H24O2. The first-order valence-electron chi connectivity index (χ1n) is 6.48. The maximum absolute atomic E-state index is 9.93. The maximum atomic E-state index is 9.93. The molecule has 0 bridgehead atoms. The summed E-state index contributed by atoms with van der Waals surface area (Å²) >= 11 is 0. The lowest BCUT2D eigenvalue weighted by atomic mass is 10.0. The molecule has 17 heavy (non-hydrogen) atoms. The molecular weight excluding hydrogens is 212 g/mol. The number of aliphatic hydroxyl groups is 1. The lowest BCUT2D eigenvalue weighted by Gasteiger charge is -2.13. The van der Waals surface area contributed by atoms with E-state index in [1.54, 1.807) is 0 Å². The lowest BCUT2D eigenvalue weighted by Crippen LogP contribution is -2.10. The average molecular weight is 236 g/mol. The first-order chi connectivity index (χ1) is 8.13. The number of hydrogen-bond donors (Lipinski definition) is 1. The molecule has 1 unspecified atom stereocenters. The van der Waals surface area contributed by atoms with Crippen LogP contribution >= 0.6 is 0 Å². The Morgan fingerprint density at radius 3 is 2.29 bits per heavy atom. The van der Waals surface area contributed by atoms with Gasteiger partial charge in [0.1, 0.15) is 6.10 Å². The van der Waals surface area contributed by atoms with Crippen LogP contribution in [0.1, 0.15) is 44.4 Å². The van der Waals surface area contributed by atoms with Crippen LogP contribution in [0.3, 0.4) is 0 Å². The van der Waals surface area contributed by atoms with Crippen LogP contribution < -0.4 is 0 Å². The molecule has 0 aliphatic rings. The van der Waals surface area contributed by atoms with E-state index in [4.69, 9.17) is 4.74 Å². The van der Waals surface area contributed by atoms with E-state index in [-0.39, 0.29) is 0 Å². The van der Waals surface area contributed by atoms with E-state index in [0.717, 1.165) is 18.4 Å². The number of hydrogen-bond acceptors (Lipinski definition) is 2. The average Bonchev–Trinajstić information content (AvgIpc) is 2.30. The summed E-state index contributed by atoms with van der Waals surface area (Å²) in [7, 11) is 0. The monoisotopic (exact) mass is 236 g/mol. The second kappa shape index (κ2) is 7.46. The zero-order valence-corrected chi connectivity index (χ0v) is 11.1. The molecule has 0 aliphatic heterocycles. The van der Waals surface area contributed by atoms with E-state index >= 15 is 0 Å². The van der Waals surface area contributed by atoms with Crippen LogP contribution in [0.4, 0.5) is 0 Å². The normalized spacial score (nSPS) is 13.0. The maximum Gasteiger partial charge on any atom is 0.102 e. The molecule has 0 saturated carbocycles.